The summed E-state index contributed by atoms with van der Waals surface area (Å²) in [6, 6.07) is 8.36. The average Bonchev–Trinajstić information content (AvgIpc) is 2.50. The zero-order valence-corrected chi connectivity index (χ0v) is 13.6. The molecular formula is C17H25ClO3. The Hall–Kier alpha value is -0.770. The molecule has 1 aliphatic carbocycles. The summed E-state index contributed by atoms with van der Waals surface area (Å²) >= 11 is 6.19. The van der Waals surface area contributed by atoms with E-state index in [1.807, 2.05) is 12.1 Å². The second kappa shape index (κ2) is 8.62. The molecule has 0 aliphatic heterocycles. The second-order valence-corrected chi connectivity index (χ2v) is 6.04. The molecule has 118 valence electrons. The van der Waals surface area contributed by atoms with E-state index in [1.165, 1.54) is 18.4 Å². The van der Waals surface area contributed by atoms with Gasteiger partial charge in [0, 0.05) is 13.5 Å². The number of aryl methyl sites for hydroxylation is 1. The predicted octanol–water partition coefficient (Wildman–Crippen LogP) is 3.82. The summed E-state index contributed by atoms with van der Waals surface area (Å²) in [6.45, 7) is 3.35. The highest BCUT2D eigenvalue weighted by molar-refractivity contribution is 6.21. The van der Waals surface area contributed by atoms with E-state index in [2.05, 4.69) is 19.1 Å². The van der Waals surface area contributed by atoms with Gasteiger partial charge in [-0.2, -0.15) is 0 Å². The van der Waals surface area contributed by atoms with E-state index in [0.717, 1.165) is 18.6 Å². The minimum atomic E-state index is -0.0402. The fourth-order valence-electron chi connectivity index (χ4n) is 2.41. The molecule has 4 heteroatoms. The Morgan fingerprint density at radius 1 is 1.19 bits per heavy atom. The Kier molecular flexibility index (Phi) is 6.81. The van der Waals surface area contributed by atoms with Gasteiger partial charge in [0.1, 0.15) is 18.0 Å². The summed E-state index contributed by atoms with van der Waals surface area (Å²) in [5, 5.41) is 0.0377. The molecule has 0 heterocycles. The van der Waals surface area contributed by atoms with Crippen molar-refractivity contribution >= 4 is 11.6 Å². The Labute approximate surface area is 132 Å². The van der Waals surface area contributed by atoms with Crippen LogP contribution in [0.25, 0.3) is 0 Å². The maximum Gasteiger partial charge on any atom is 0.128 e. The van der Waals surface area contributed by atoms with Gasteiger partial charge in [-0.25, -0.2) is 0 Å². The van der Waals surface area contributed by atoms with Crippen LogP contribution in [-0.4, -0.2) is 37.9 Å². The average molecular weight is 313 g/mol. The largest absolute Gasteiger partial charge is 0.488 e. The first-order chi connectivity index (χ1) is 10.2. The van der Waals surface area contributed by atoms with Gasteiger partial charge in [0.05, 0.1) is 18.6 Å². The highest BCUT2D eigenvalue weighted by atomic mass is 35.5. The Bertz CT molecular complexity index is 407. The molecule has 0 saturated heterocycles. The topological polar surface area (TPSA) is 27.7 Å². The molecule has 3 unspecified atom stereocenters. The molecular weight excluding hydrogens is 288 g/mol. The Morgan fingerprint density at radius 2 is 1.95 bits per heavy atom. The third kappa shape index (κ3) is 4.87. The zero-order valence-electron chi connectivity index (χ0n) is 12.9. The summed E-state index contributed by atoms with van der Waals surface area (Å²) in [7, 11) is 1.66. The van der Waals surface area contributed by atoms with Gasteiger partial charge in [0.25, 0.3) is 0 Å². The summed E-state index contributed by atoms with van der Waals surface area (Å²) in [5.41, 5.74) is 1.36. The standard InChI is InChI=1S/C17H25ClO3/c1-3-4-5-13-6-8-14(9-7-13)21-16-12-15(18)17(16)20-11-10-19-2/h6-9,15-17H,3-5,10-12H2,1-2H3. The lowest BCUT2D eigenvalue weighted by atomic mass is 9.91. The highest BCUT2D eigenvalue weighted by Gasteiger charge is 2.42. The molecule has 1 fully saturated rings. The van der Waals surface area contributed by atoms with Crippen molar-refractivity contribution in [3.05, 3.63) is 29.8 Å². The van der Waals surface area contributed by atoms with Gasteiger partial charge in [0.15, 0.2) is 0 Å². The van der Waals surface area contributed by atoms with Crippen LogP contribution in [0.4, 0.5) is 0 Å². The van der Waals surface area contributed by atoms with Gasteiger partial charge < -0.3 is 14.2 Å². The summed E-state index contributed by atoms with van der Waals surface area (Å²) < 4.78 is 16.7. The van der Waals surface area contributed by atoms with Crippen LogP contribution in [0.1, 0.15) is 31.7 Å². The SMILES string of the molecule is CCCCc1ccc(OC2CC(Cl)C2OCCOC)cc1. The summed E-state index contributed by atoms with van der Waals surface area (Å²) in [6.07, 6.45) is 4.42. The number of ether oxygens (including phenoxy) is 3. The maximum absolute atomic E-state index is 6.19. The Morgan fingerprint density at radius 3 is 2.57 bits per heavy atom. The molecule has 1 saturated carbocycles. The molecule has 3 nitrogen and oxygen atoms in total. The fraction of sp³-hybridized carbons (Fsp3) is 0.647. The highest BCUT2D eigenvalue weighted by Crippen LogP contribution is 2.33. The summed E-state index contributed by atoms with van der Waals surface area (Å²) in [5.74, 6) is 0.893. The molecule has 0 bridgehead atoms. The van der Waals surface area contributed by atoms with Crippen molar-refractivity contribution in [3.8, 4) is 5.75 Å². The third-order valence-electron chi connectivity index (χ3n) is 3.81. The molecule has 1 aromatic rings. The van der Waals surface area contributed by atoms with Crippen molar-refractivity contribution in [1.82, 2.24) is 0 Å². The number of unbranched alkanes of at least 4 members (excludes halogenated alkanes) is 1. The quantitative estimate of drug-likeness (QED) is 0.512. The fourth-order valence-corrected chi connectivity index (χ4v) is 2.82. The zero-order chi connectivity index (χ0) is 15.1. The number of hydrogen-bond acceptors (Lipinski definition) is 3. The number of alkyl halides is 1. The number of rotatable bonds is 9. The van der Waals surface area contributed by atoms with Crippen molar-refractivity contribution in [2.45, 2.75) is 50.2 Å². The van der Waals surface area contributed by atoms with Gasteiger partial charge in [-0.15, -0.1) is 11.6 Å². The van der Waals surface area contributed by atoms with E-state index >= 15 is 0 Å². The molecule has 0 amide bonds. The van der Waals surface area contributed by atoms with E-state index in [4.69, 9.17) is 25.8 Å². The molecule has 0 N–H and O–H groups in total. The number of benzene rings is 1. The lowest BCUT2D eigenvalue weighted by Gasteiger charge is -2.40. The smallest absolute Gasteiger partial charge is 0.128 e. The molecule has 1 aliphatic rings. The number of hydrogen-bond donors (Lipinski definition) is 0. The van der Waals surface area contributed by atoms with Gasteiger partial charge >= 0.3 is 0 Å². The van der Waals surface area contributed by atoms with Gasteiger partial charge in [0.2, 0.25) is 0 Å². The van der Waals surface area contributed by atoms with Crippen LogP contribution in [0.2, 0.25) is 0 Å². The minimum absolute atomic E-state index is 0.0377. The molecule has 21 heavy (non-hydrogen) atoms. The predicted molar refractivity (Wildman–Crippen MR) is 85.3 cm³/mol. The summed E-state index contributed by atoms with van der Waals surface area (Å²) in [4.78, 5) is 0. The molecule has 0 aromatic heterocycles. The lowest BCUT2D eigenvalue weighted by Crippen LogP contribution is -2.53. The van der Waals surface area contributed by atoms with Crippen LogP contribution in [-0.2, 0) is 15.9 Å². The number of methoxy groups -OCH3 is 1. The van der Waals surface area contributed by atoms with E-state index < -0.39 is 0 Å². The van der Waals surface area contributed by atoms with E-state index in [0.29, 0.717) is 13.2 Å². The van der Waals surface area contributed by atoms with Gasteiger partial charge in [-0.1, -0.05) is 25.5 Å². The lowest BCUT2D eigenvalue weighted by molar-refractivity contribution is -0.0898. The first kappa shape index (κ1) is 16.6. The normalized spacial score (nSPS) is 24.6. The Balaban J connectivity index is 1.80. The maximum atomic E-state index is 6.19. The van der Waals surface area contributed by atoms with E-state index in [-0.39, 0.29) is 17.6 Å². The van der Waals surface area contributed by atoms with Gasteiger partial charge in [-0.3, -0.25) is 0 Å². The van der Waals surface area contributed by atoms with Crippen molar-refractivity contribution in [3.63, 3.8) is 0 Å². The molecule has 0 spiro atoms. The monoisotopic (exact) mass is 312 g/mol. The van der Waals surface area contributed by atoms with Crippen LogP contribution >= 0.6 is 11.6 Å². The first-order valence-electron chi connectivity index (χ1n) is 7.74. The van der Waals surface area contributed by atoms with Crippen LogP contribution in [0.15, 0.2) is 24.3 Å². The van der Waals surface area contributed by atoms with Crippen molar-refractivity contribution in [1.29, 1.82) is 0 Å². The van der Waals surface area contributed by atoms with E-state index in [9.17, 15) is 0 Å². The molecule has 2 rings (SSSR count). The molecule has 0 radical (unpaired) electrons. The third-order valence-corrected chi connectivity index (χ3v) is 4.23. The van der Waals surface area contributed by atoms with Gasteiger partial charge in [-0.05, 0) is 30.5 Å². The molecule has 3 atom stereocenters. The van der Waals surface area contributed by atoms with Crippen LogP contribution in [0.5, 0.6) is 5.75 Å². The molecule has 1 aromatic carbocycles. The van der Waals surface area contributed by atoms with Crippen molar-refractivity contribution < 1.29 is 14.2 Å². The number of halogens is 1. The van der Waals surface area contributed by atoms with Crippen molar-refractivity contribution in [2.75, 3.05) is 20.3 Å². The van der Waals surface area contributed by atoms with Crippen LogP contribution in [0.3, 0.4) is 0 Å². The first-order valence-corrected chi connectivity index (χ1v) is 8.18. The minimum Gasteiger partial charge on any atom is -0.488 e. The van der Waals surface area contributed by atoms with E-state index in [1.54, 1.807) is 7.11 Å². The van der Waals surface area contributed by atoms with Crippen LogP contribution in [0, 0.1) is 0 Å². The van der Waals surface area contributed by atoms with Crippen LogP contribution < -0.4 is 4.74 Å². The van der Waals surface area contributed by atoms with Crippen molar-refractivity contribution in [2.24, 2.45) is 0 Å². The second-order valence-electron chi connectivity index (χ2n) is 5.48.